The van der Waals surface area contributed by atoms with Gasteiger partial charge in [0.05, 0.1) is 11.1 Å². The Balaban J connectivity index is 1.46. The summed E-state index contributed by atoms with van der Waals surface area (Å²) in [6.45, 7) is 0. The standard InChI is InChI=1S/C21H13F4N5O2/c22-18-14(2-1-3-15(18)21(23,24)25)20-30-17(10-32-20)29-19(31)12-4-6-13(7-5-12)28-16-8-9-26-11-27-16/h1-11H,(H,29,31)(H,26,27,28). The average molecular weight is 443 g/mol. The molecule has 2 N–H and O–H groups in total. The molecule has 0 bridgehead atoms. The predicted octanol–water partition coefficient (Wildman–Crippen LogP) is 5.29. The van der Waals surface area contributed by atoms with Crippen LogP contribution in [0.5, 0.6) is 0 Å². The largest absolute Gasteiger partial charge is 0.442 e. The highest BCUT2D eigenvalue weighted by atomic mass is 19.4. The number of nitrogens with one attached hydrogen (secondary N) is 2. The van der Waals surface area contributed by atoms with E-state index < -0.39 is 34.9 Å². The molecule has 4 rings (SSSR count). The zero-order chi connectivity index (χ0) is 22.7. The van der Waals surface area contributed by atoms with Crippen molar-refractivity contribution in [1.82, 2.24) is 15.0 Å². The number of hydrogen-bond donors (Lipinski definition) is 2. The highest BCUT2D eigenvalue weighted by molar-refractivity contribution is 6.04. The lowest BCUT2D eigenvalue weighted by molar-refractivity contribution is -0.139. The normalized spacial score (nSPS) is 11.2. The monoisotopic (exact) mass is 443 g/mol. The molecule has 11 heteroatoms. The molecule has 2 aromatic heterocycles. The van der Waals surface area contributed by atoms with Gasteiger partial charge in [-0.15, -0.1) is 0 Å². The van der Waals surface area contributed by atoms with Crippen LogP contribution in [0.1, 0.15) is 15.9 Å². The molecular weight excluding hydrogens is 430 g/mol. The van der Waals surface area contributed by atoms with E-state index in [1.54, 1.807) is 36.5 Å². The van der Waals surface area contributed by atoms with Crippen LogP contribution in [0, 0.1) is 5.82 Å². The van der Waals surface area contributed by atoms with Crippen LogP contribution in [0.25, 0.3) is 11.5 Å². The van der Waals surface area contributed by atoms with Gasteiger partial charge in [-0.2, -0.15) is 18.2 Å². The van der Waals surface area contributed by atoms with Gasteiger partial charge < -0.3 is 15.1 Å². The first-order valence-electron chi connectivity index (χ1n) is 9.07. The van der Waals surface area contributed by atoms with E-state index in [4.69, 9.17) is 4.42 Å². The molecule has 0 aliphatic rings. The number of halogens is 4. The molecule has 0 saturated carbocycles. The molecule has 0 unspecified atom stereocenters. The van der Waals surface area contributed by atoms with E-state index in [-0.39, 0.29) is 11.4 Å². The molecule has 1 amide bonds. The molecule has 0 fully saturated rings. The van der Waals surface area contributed by atoms with Crippen molar-refractivity contribution < 1.29 is 26.8 Å². The Morgan fingerprint density at radius 2 is 1.78 bits per heavy atom. The number of alkyl halides is 3. The van der Waals surface area contributed by atoms with Crippen LogP contribution in [-0.2, 0) is 6.18 Å². The van der Waals surface area contributed by atoms with Gasteiger partial charge in [0.2, 0.25) is 5.89 Å². The number of rotatable bonds is 5. The minimum atomic E-state index is -4.86. The van der Waals surface area contributed by atoms with Crippen molar-refractivity contribution in [2.45, 2.75) is 6.18 Å². The third-order valence-electron chi connectivity index (χ3n) is 4.28. The van der Waals surface area contributed by atoms with Crippen LogP contribution in [0.2, 0.25) is 0 Å². The SMILES string of the molecule is O=C(Nc1coc(-c2cccc(C(F)(F)F)c2F)n1)c1ccc(Nc2ccncn2)cc1. The van der Waals surface area contributed by atoms with Gasteiger partial charge in [-0.05, 0) is 42.5 Å². The summed E-state index contributed by atoms with van der Waals surface area (Å²) in [5.41, 5.74) is -0.938. The maximum absolute atomic E-state index is 14.3. The highest BCUT2D eigenvalue weighted by Crippen LogP contribution is 2.35. The van der Waals surface area contributed by atoms with Crippen LogP contribution in [0.4, 0.5) is 34.9 Å². The van der Waals surface area contributed by atoms with Crippen molar-refractivity contribution in [2.75, 3.05) is 10.6 Å². The Bertz CT molecular complexity index is 1240. The molecule has 7 nitrogen and oxygen atoms in total. The van der Waals surface area contributed by atoms with Gasteiger partial charge in [-0.1, -0.05) is 6.07 Å². The highest BCUT2D eigenvalue weighted by Gasteiger charge is 2.35. The molecule has 2 heterocycles. The lowest BCUT2D eigenvalue weighted by atomic mass is 10.1. The first-order chi connectivity index (χ1) is 15.3. The molecule has 0 atom stereocenters. The van der Waals surface area contributed by atoms with Crippen LogP contribution in [0.15, 0.2) is 71.7 Å². The fourth-order valence-corrected chi connectivity index (χ4v) is 2.78. The van der Waals surface area contributed by atoms with E-state index in [2.05, 4.69) is 25.6 Å². The van der Waals surface area contributed by atoms with Crippen molar-refractivity contribution in [3.8, 4) is 11.5 Å². The Kier molecular flexibility index (Phi) is 5.54. The molecule has 4 aromatic rings. The number of anilines is 3. The van der Waals surface area contributed by atoms with Gasteiger partial charge in [-0.3, -0.25) is 4.79 Å². The number of nitrogens with zero attached hydrogens (tertiary/aromatic N) is 3. The summed E-state index contributed by atoms with van der Waals surface area (Å²) in [4.78, 5) is 24.1. The van der Waals surface area contributed by atoms with Crippen molar-refractivity contribution in [2.24, 2.45) is 0 Å². The molecule has 0 aliphatic heterocycles. The topological polar surface area (TPSA) is 92.9 Å². The minimum absolute atomic E-state index is 0.0787. The first-order valence-corrected chi connectivity index (χ1v) is 9.07. The van der Waals surface area contributed by atoms with E-state index in [1.165, 1.54) is 6.33 Å². The maximum atomic E-state index is 14.3. The molecule has 32 heavy (non-hydrogen) atoms. The average Bonchev–Trinajstić information content (AvgIpc) is 3.22. The smallest absolute Gasteiger partial charge is 0.419 e. The minimum Gasteiger partial charge on any atom is -0.442 e. The summed E-state index contributed by atoms with van der Waals surface area (Å²) >= 11 is 0. The molecular formula is C21H13F4N5O2. The van der Waals surface area contributed by atoms with E-state index in [1.807, 2.05) is 0 Å². The lowest BCUT2D eigenvalue weighted by Gasteiger charge is -2.09. The van der Waals surface area contributed by atoms with Crippen LogP contribution in [0.3, 0.4) is 0 Å². The second-order valence-electron chi connectivity index (χ2n) is 6.45. The number of amides is 1. The third-order valence-corrected chi connectivity index (χ3v) is 4.28. The van der Waals surface area contributed by atoms with E-state index in [0.717, 1.165) is 18.4 Å². The predicted molar refractivity (Wildman–Crippen MR) is 107 cm³/mol. The molecule has 0 aliphatic carbocycles. The fraction of sp³-hybridized carbons (Fsp3) is 0.0476. The van der Waals surface area contributed by atoms with Crippen LogP contribution < -0.4 is 10.6 Å². The Morgan fingerprint density at radius 3 is 2.47 bits per heavy atom. The number of carbonyl (C=O) groups excluding carboxylic acids is 1. The molecule has 162 valence electrons. The molecule has 0 radical (unpaired) electrons. The van der Waals surface area contributed by atoms with Crippen LogP contribution in [-0.4, -0.2) is 20.9 Å². The zero-order valence-corrected chi connectivity index (χ0v) is 16.0. The molecule has 0 saturated heterocycles. The summed E-state index contributed by atoms with van der Waals surface area (Å²) < 4.78 is 58.0. The van der Waals surface area contributed by atoms with Gasteiger partial charge in [0.15, 0.2) is 5.82 Å². The molecule has 2 aromatic carbocycles. The Labute approximate surface area is 178 Å². The van der Waals surface area contributed by atoms with E-state index in [9.17, 15) is 22.4 Å². The number of oxazole rings is 1. The summed E-state index contributed by atoms with van der Waals surface area (Å²) in [5, 5.41) is 5.49. The Morgan fingerprint density at radius 1 is 1.00 bits per heavy atom. The zero-order valence-electron chi connectivity index (χ0n) is 16.0. The first kappa shape index (κ1) is 21.0. The number of aromatic nitrogens is 3. The van der Waals surface area contributed by atoms with E-state index >= 15 is 0 Å². The van der Waals surface area contributed by atoms with Crippen molar-refractivity contribution in [1.29, 1.82) is 0 Å². The maximum Gasteiger partial charge on any atom is 0.419 e. The van der Waals surface area contributed by atoms with Gasteiger partial charge in [0, 0.05) is 17.4 Å². The van der Waals surface area contributed by atoms with Crippen LogP contribution >= 0.6 is 0 Å². The van der Waals surface area contributed by atoms with Gasteiger partial charge in [0.25, 0.3) is 5.91 Å². The van der Waals surface area contributed by atoms with Gasteiger partial charge >= 0.3 is 6.18 Å². The lowest BCUT2D eigenvalue weighted by Crippen LogP contribution is -2.12. The quantitative estimate of drug-likeness (QED) is 0.408. The third kappa shape index (κ3) is 4.56. The number of benzene rings is 2. The summed E-state index contributed by atoms with van der Waals surface area (Å²) in [5.74, 6) is -1.94. The number of hydrogen-bond acceptors (Lipinski definition) is 6. The Hall–Kier alpha value is -4.28. The summed E-state index contributed by atoms with van der Waals surface area (Å²) in [6, 6.07) is 10.8. The fourth-order valence-electron chi connectivity index (χ4n) is 2.78. The molecule has 0 spiro atoms. The van der Waals surface area contributed by atoms with Crippen molar-refractivity contribution in [3.63, 3.8) is 0 Å². The number of carbonyl (C=O) groups is 1. The van der Waals surface area contributed by atoms with Gasteiger partial charge in [-0.25, -0.2) is 14.4 Å². The second-order valence-corrected chi connectivity index (χ2v) is 6.45. The van der Waals surface area contributed by atoms with Gasteiger partial charge in [0.1, 0.15) is 24.2 Å². The summed E-state index contributed by atoms with van der Waals surface area (Å²) in [6.07, 6.45) is -0.883. The second kappa shape index (κ2) is 8.46. The van der Waals surface area contributed by atoms with E-state index in [0.29, 0.717) is 17.6 Å². The van der Waals surface area contributed by atoms with Crippen molar-refractivity contribution >= 4 is 23.2 Å². The van der Waals surface area contributed by atoms with Crippen molar-refractivity contribution in [3.05, 3.63) is 84.3 Å². The summed E-state index contributed by atoms with van der Waals surface area (Å²) in [7, 11) is 0.